The number of hydrogen-bond acceptors (Lipinski definition) is 5. The quantitative estimate of drug-likeness (QED) is 0.663. The lowest BCUT2D eigenvalue weighted by atomic mass is 10.0. The third-order valence-corrected chi connectivity index (χ3v) is 4.65. The van der Waals surface area contributed by atoms with Crippen molar-refractivity contribution >= 4 is 45.1 Å². The third kappa shape index (κ3) is 5.32. The summed E-state index contributed by atoms with van der Waals surface area (Å²) in [5.74, 6) is -0.594. The van der Waals surface area contributed by atoms with Gasteiger partial charge in [0, 0.05) is 22.3 Å². The molecule has 28 heavy (non-hydrogen) atoms. The molecule has 0 fully saturated rings. The zero-order valence-electron chi connectivity index (χ0n) is 15.2. The first-order valence-corrected chi connectivity index (χ1v) is 9.51. The van der Waals surface area contributed by atoms with Gasteiger partial charge in [0.15, 0.2) is 12.7 Å². The van der Waals surface area contributed by atoms with Crippen molar-refractivity contribution < 1.29 is 23.9 Å². The molecule has 1 unspecified atom stereocenters. The van der Waals surface area contributed by atoms with Crippen molar-refractivity contribution in [2.75, 3.05) is 17.2 Å². The third-order valence-electron chi connectivity index (χ3n) is 4.12. The molecule has 0 aliphatic carbocycles. The van der Waals surface area contributed by atoms with Crippen LogP contribution in [0.1, 0.15) is 18.9 Å². The Labute approximate surface area is 170 Å². The fourth-order valence-corrected chi connectivity index (χ4v) is 2.92. The lowest BCUT2D eigenvalue weighted by Crippen LogP contribution is -2.31. The van der Waals surface area contributed by atoms with Gasteiger partial charge in [-0.1, -0.05) is 15.9 Å². The molecule has 1 aliphatic heterocycles. The molecule has 1 atom stereocenters. The average molecular weight is 447 g/mol. The predicted octanol–water partition coefficient (Wildman–Crippen LogP) is 3.28. The molecule has 8 heteroatoms. The Bertz CT molecular complexity index is 898. The van der Waals surface area contributed by atoms with Gasteiger partial charge in [-0.15, -0.1) is 0 Å². The summed E-state index contributed by atoms with van der Waals surface area (Å²) in [6, 6.07) is 12.2. The number of carbonyl (C=O) groups excluding carboxylic acids is 3. The molecule has 2 N–H and O–H groups in total. The second-order valence-corrected chi connectivity index (χ2v) is 7.20. The number of fused-ring (bicyclic) bond motifs is 1. The summed E-state index contributed by atoms with van der Waals surface area (Å²) >= 11 is 3.32. The minimum absolute atomic E-state index is 0.0138. The van der Waals surface area contributed by atoms with E-state index in [-0.39, 0.29) is 12.5 Å². The molecule has 146 valence electrons. The van der Waals surface area contributed by atoms with E-state index in [2.05, 4.69) is 26.6 Å². The number of anilines is 2. The topological polar surface area (TPSA) is 93.7 Å². The Kier molecular flexibility index (Phi) is 6.30. The Hall–Kier alpha value is -2.87. The monoisotopic (exact) mass is 446 g/mol. The lowest BCUT2D eigenvalue weighted by molar-refractivity contribution is -0.155. The van der Waals surface area contributed by atoms with E-state index < -0.39 is 18.0 Å². The Morgan fingerprint density at radius 3 is 2.68 bits per heavy atom. The number of ether oxygens (including phenoxy) is 2. The molecule has 0 aromatic heterocycles. The van der Waals surface area contributed by atoms with Crippen LogP contribution in [0.25, 0.3) is 0 Å². The lowest BCUT2D eigenvalue weighted by Gasteiger charge is -2.18. The van der Waals surface area contributed by atoms with Gasteiger partial charge in [0.1, 0.15) is 5.75 Å². The zero-order valence-corrected chi connectivity index (χ0v) is 16.7. The van der Waals surface area contributed by atoms with Crippen molar-refractivity contribution in [3.8, 4) is 5.75 Å². The van der Waals surface area contributed by atoms with E-state index in [9.17, 15) is 14.4 Å². The summed E-state index contributed by atoms with van der Waals surface area (Å²) in [5, 5.41) is 5.45. The number of esters is 1. The van der Waals surface area contributed by atoms with Crippen molar-refractivity contribution in [3.05, 3.63) is 52.5 Å². The van der Waals surface area contributed by atoms with E-state index in [1.165, 1.54) is 6.92 Å². The van der Waals surface area contributed by atoms with Crippen LogP contribution in [0.2, 0.25) is 0 Å². The minimum atomic E-state index is -0.960. The molecule has 2 aromatic rings. The Morgan fingerprint density at radius 1 is 1.18 bits per heavy atom. The number of carbonyl (C=O) groups is 3. The van der Waals surface area contributed by atoms with Crippen LogP contribution in [0.4, 0.5) is 11.4 Å². The predicted molar refractivity (Wildman–Crippen MR) is 107 cm³/mol. The second-order valence-electron chi connectivity index (χ2n) is 6.28. The van der Waals surface area contributed by atoms with Crippen molar-refractivity contribution in [3.63, 3.8) is 0 Å². The van der Waals surface area contributed by atoms with Crippen LogP contribution in [0.15, 0.2) is 46.9 Å². The maximum Gasteiger partial charge on any atom is 0.344 e. The zero-order chi connectivity index (χ0) is 20.1. The van der Waals surface area contributed by atoms with Crippen LogP contribution < -0.4 is 15.4 Å². The fourth-order valence-electron chi connectivity index (χ4n) is 2.65. The summed E-state index contributed by atoms with van der Waals surface area (Å²) in [6.45, 7) is 1.18. The fraction of sp³-hybridized carbons (Fsp3) is 0.250. The van der Waals surface area contributed by atoms with Gasteiger partial charge >= 0.3 is 5.97 Å². The van der Waals surface area contributed by atoms with Crippen molar-refractivity contribution in [1.29, 1.82) is 0 Å². The Morgan fingerprint density at radius 2 is 1.93 bits per heavy atom. The van der Waals surface area contributed by atoms with E-state index in [0.717, 1.165) is 15.7 Å². The molecule has 2 amide bonds. The Balaban J connectivity index is 1.47. The number of hydrogen-bond donors (Lipinski definition) is 2. The van der Waals surface area contributed by atoms with Gasteiger partial charge in [-0.3, -0.25) is 9.59 Å². The summed E-state index contributed by atoms with van der Waals surface area (Å²) in [6.07, 6.45) is 0.0815. The molecule has 0 bridgehead atoms. The maximum absolute atomic E-state index is 12.1. The highest BCUT2D eigenvalue weighted by Crippen LogP contribution is 2.26. The number of rotatable bonds is 6. The van der Waals surface area contributed by atoms with Crippen LogP contribution in [0.5, 0.6) is 5.75 Å². The van der Waals surface area contributed by atoms with Gasteiger partial charge in [0.05, 0.1) is 0 Å². The minimum Gasteiger partial charge on any atom is -0.482 e. The molecule has 2 aromatic carbocycles. The van der Waals surface area contributed by atoms with Crippen molar-refractivity contribution in [2.45, 2.75) is 25.9 Å². The SMILES string of the molecule is CC(OC(=O)COc1ccc2c(c1)CCC(=O)N2)C(=O)Nc1ccc(Br)cc1. The smallest absolute Gasteiger partial charge is 0.344 e. The molecular weight excluding hydrogens is 428 g/mol. The first-order valence-electron chi connectivity index (χ1n) is 8.72. The van der Waals surface area contributed by atoms with Gasteiger partial charge in [0.2, 0.25) is 5.91 Å². The number of nitrogens with one attached hydrogen (secondary N) is 2. The second kappa shape index (κ2) is 8.88. The molecule has 0 saturated heterocycles. The number of amides is 2. The number of halogens is 1. The number of aryl methyl sites for hydroxylation is 1. The summed E-state index contributed by atoms with van der Waals surface area (Å²) in [7, 11) is 0. The maximum atomic E-state index is 12.1. The standard InChI is InChI=1S/C20H19BrN2O5/c1-12(20(26)22-15-5-3-14(21)4-6-15)28-19(25)11-27-16-7-8-17-13(10-16)2-9-18(24)23-17/h3-8,10,12H,2,9,11H2,1H3,(H,22,26)(H,23,24). The molecular formula is C20H19BrN2O5. The van der Waals surface area contributed by atoms with Crippen molar-refractivity contribution in [1.82, 2.24) is 0 Å². The molecule has 0 saturated carbocycles. The van der Waals surface area contributed by atoms with Crippen LogP contribution >= 0.6 is 15.9 Å². The molecule has 3 rings (SSSR count). The van der Waals surface area contributed by atoms with Crippen molar-refractivity contribution in [2.24, 2.45) is 0 Å². The van der Waals surface area contributed by atoms with E-state index >= 15 is 0 Å². The van der Waals surface area contributed by atoms with Crippen LogP contribution in [-0.2, 0) is 25.5 Å². The van der Waals surface area contributed by atoms with Gasteiger partial charge in [-0.25, -0.2) is 4.79 Å². The van der Waals surface area contributed by atoms with E-state index in [0.29, 0.717) is 24.3 Å². The van der Waals surface area contributed by atoms with Gasteiger partial charge in [-0.05, 0) is 61.4 Å². The molecule has 1 aliphatic rings. The highest BCUT2D eigenvalue weighted by molar-refractivity contribution is 9.10. The van der Waals surface area contributed by atoms with Crippen LogP contribution in [0, 0.1) is 0 Å². The summed E-state index contributed by atoms with van der Waals surface area (Å²) in [5.41, 5.74) is 2.31. The molecule has 0 radical (unpaired) electrons. The van der Waals surface area contributed by atoms with Crippen LogP contribution in [0.3, 0.4) is 0 Å². The normalized spacial score (nSPS) is 13.7. The highest BCUT2D eigenvalue weighted by Gasteiger charge is 2.19. The summed E-state index contributed by atoms with van der Waals surface area (Å²) < 4.78 is 11.5. The molecule has 1 heterocycles. The molecule has 7 nitrogen and oxygen atoms in total. The molecule has 0 spiro atoms. The van der Waals surface area contributed by atoms with E-state index in [4.69, 9.17) is 9.47 Å². The largest absolute Gasteiger partial charge is 0.482 e. The highest BCUT2D eigenvalue weighted by atomic mass is 79.9. The first-order chi connectivity index (χ1) is 13.4. The summed E-state index contributed by atoms with van der Waals surface area (Å²) in [4.78, 5) is 35.5. The van der Waals surface area contributed by atoms with Gasteiger partial charge < -0.3 is 20.1 Å². The van der Waals surface area contributed by atoms with Crippen LogP contribution in [-0.4, -0.2) is 30.5 Å². The van der Waals surface area contributed by atoms with E-state index in [1.807, 2.05) is 0 Å². The average Bonchev–Trinajstić information content (AvgIpc) is 2.68. The van der Waals surface area contributed by atoms with Gasteiger partial charge in [-0.2, -0.15) is 0 Å². The number of benzene rings is 2. The van der Waals surface area contributed by atoms with E-state index in [1.54, 1.807) is 42.5 Å². The first kappa shape index (κ1) is 19.9. The van der Waals surface area contributed by atoms with Gasteiger partial charge in [0.25, 0.3) is 5.91 Å².